The zero-order valence-electron chi connectivity index (χ0n) is 15.7. The van der Waals surface area contributed by atoms with Crippen LogP contribution in [0.4, 0.5) is 0 Å². The van der Waals surface area contributed by atoms with Crippen molar-refractivity contribution in [3.05, 3.63) is 75.8 Å². The molecule has 2 aromatic carbocycles. The topological polar surface area (TPSA) is 62.3 Å². The zero-order chi connectivity index (χ0) is 20.2. The van der Waals surface area contributed by atoms with Gasteiger partial charge in [-0.1, -0.05) is 48.0 Å². The van der Waals surface area contributed by atoms with Gasteiger partial charge in [0.1, 0.15) is 10.7 Å². The number of likely N-dealkylation sites (tertiary alicyclic amines) is 1. The lowest BCUT2D eigenvalue weighted by molar-refractivity contribution is -0.128. The smallest absolute Gasteiger partial charge is 0.271 e. The van der Waals surface area contributed by atoms with E-state index in [4.69, 9.17) is 11.6 Å². The Hall–Kier alpha value is -2.70. The number of thiazole rings is 1. The van der Waals surface area contributed by atoms with Crippen LogP contribution in [0, 0.1) is 0 Å². The van der Waals surface area contributed by atoms with Gasteiger partial charge in [-0.3, -0.25) is 9.59 Å². The molecule has 0 spiro atoms. The summed E-state index contributed by atoms with van der Waals surface area (Å²) < 4.78 is 0. The Morgan fingerprint density at radius 1 is 1.17 bits per heavy atom. The number of nitrogens with zero attached hydrogens (tertiary/aromatic N) is 2. The van der Waals surface area contributed by atoms with Crippen LogP contribution in [-0.2, 0) is 17.9 Å². The van der Waals surface area contributed by atoms with E-state index in [1.807, 2.05) is 47.4 Å². The van der Waals surface area contributed by atoms with E-state index < -0.39 is 0 Å². The molecule has 148 valence electrons. The number of halogens is 1. The number of carbonyl (C=O) groups is 2. The van der Waals surface area contributed by atoms with Gasteiger partial charge in [-0.25, -0.2) is 4.98 Å². The van der Waals surface area contributed by atoms with Crippen LogP contribution >= 0.6 is 22.9 Å². The van der Waals surface area contributed by atoms with Crippen molar-refractivity contribution >= 4 is 34.8 Å². The van der Waals surface area contributed by atoms with Gasteiger partial charge >= 0.3 is 0 Å². The van der Waals surface area contributed by atoms with Crippen LogP contribution in [0.15, 0.2) is 53.9 Å². The summed E-state index contributed by atoms with van der Waals surface area (Å²) in [6, 6.07) is 15.4. The number of rotatable bonds is 6. The Kier molecular flexibility index (Phi) is 5.92. The summed E-state index contributed by atoms with van der Waals surface area (Å²) in [5, 5.41) is 6.07. The van der Waals surface area contributed by atoms with Gasteiger partial charge in [0.2, 0.25) is 5.91 Å². The minimum Gasteiger partial charge on any atom is -0.347 e. The van der Waals surface area contributed by atoms with Crippen LogP contribution in [-0.4, -0.2) is 28.2 Å². The van der Waals surface area contributed by atoms with Crippen molar-refractivity contribution in [2.75, 3.05) is 6.54 Å². The van der Waals surface area contributed by atoms with E-state index in [9.17, 15) is 9.59 Å². The Morgan fingerprint density at radius 2 is 2.00 bits per heavy atom. The molecule has 0 atom stereocenters. The van der Waals surface area contributed by atoms with Gasteiger partial charge < -0.3 is 10.2 Å². The van der Waals surface area contributed by atoms with Crippen molar-refractivity contribution < 1.29 is 9.59 Å². The summed E-state index contributed by atoms with van der Waals surface area (Å²) >= 11 is 7.45. The molecule has 2 amide bonds. The summed E-state index contributed by atoms with van der Waals surface area (Å²) in [7, 11) is 0. The van der Waals surface area contributed by atoms with Crippen molar-refractivity contribution in [3.8, 4) is 10.6 Å². The second-order valence-electron chi connectivity index (χ2n) is 6.97. The third-order valence-electron chi connectivity index (χ3n) is 4.80. The lowest BCUT2D eigenvalue weighted by Crippen LogP contribution is -2.24. The summed E-state index contributed by atoms with van der Waals surface area (Å²) in [5.74, 6) is -0.00241. The van der Waals surface area contributed by atoms with Crippen LogP contribution in [0.1, 0.15) is 34.5 Å². The van der Waals surface area contributed by atoms with E-state index in [0.29, 0.717) is 30.2 Å². The number of carbonyl (C=O) groups excluding carboxylic acids is 2. The van der Waals surface area contributed by atoms with Crippen LogP contribution in [0.5, 0.6) is 0 Å². The van der Waals surface area contributed by atoms with Crippen molar-refractivity contribution in [2.45, 2.75) is 25.9 Å². The molecule has 0 unspecified atom stereocenters. The summed E-state index contributed by atoms with van der Waals surface area (Å²) in [6.07, 6.45) is 1.57. The highest BCUT2D eigenvalue weighted by Crippen LogP contribution is 2.26. The van der Waals surface area contributed by atoms with Gasteiger partial charge in [0.25, 0.3) is 5.91 Å². The number of hydrogen-bond acceptors (Lipinski definition) is 4. The first kappa shape index (κ1) is 19.6. The predicted molar refractivity (Wildman–Crippen MR) is 115 cm³/mol. The summed E-state index contributed by atoms with van der Waals surface area (Å²) in [6.45, 7) is 1.85. The molecule has 1 aliphatic heterocycles. The molecule has 0 radical (unpaired) electrons. The fourth-order valence-electron chi connectivity index (χ4n) is 3.33. The van der Waals surface area contributed by atoms with E-state index >= 15 is 0 Å². The first-order chi connectivity index (χ1) is 14.1. The minimum atomic E-state index is -0.213. The number of benzene rings is 2. The molecule has 7 heteroatoms. The fourth-order valence-corrected chi connectivity index (χ4v) is 4.32. The number of amides is 2. The average molecular weight is 426 g/mol. The molecule has 2 heterocycles. The molecule has 3 aromatic rings. The van der Waals surface area contributed by atoms with Crippen molar-refractivity contribution in [2.24, 2.45) is 0 Å². The van der Waals surface area contributed by atoms with Crippen molar-refractivity contribution in [3.63, 3.8) is 0 Å². The van der Waals surface area contributed by atoms with Crippen LogP contribution in [0.25, 0.3) is 10.6 Å². The maximum absolute atomic E-state index is 12.5. The number of hydrogen-bond donors (Lipinski definition) is 1. The lowest BCUT2D eigenvalue weighted by Gasteiger charge is -2.16. The Morgan fingerprint density at radius 3 is 2.79 bits per heavy atom. The lowest BCUT2D eigenvalue weighted by atomic mass is 10.1. The van der Waals surface area contributed by atoms with Gasteiger partial charge in [0, 0.05) is 42.0 Å². The molecule has 29 heavy (non-hydrogen) atoms. The highest BCUT2D eigenvalue weighted by atomic mass is 35.5. The maximum Gasteiger partial charge on any atom is 0.271 e. The average Bonchev–Trinajstić information content (AvgIpc) is 3.36. The van der Waals surface area contributed by atoms with E-state index in [-0.39, 0.29) is 11.8 Å². The van der Waals surface area contributed by atoms with Crippen LogP contribution in [0.3, 0.4) is 0 Å². The largest absolute Gasteiger partial charge is 0.347 e. The van der Waals surface area contributed by atoms with Crippen molar-refractivity contribution in [1.82, 2.24) is 15.2 Å². The van der Waals surface area contributed by atoms with Gasteiger partial charge in [-0.15, -0.1) is 11.3 Å². The number of nitrogens with one attached hydrogen (secondary N) is 1. The molecule has 1 saturated heterocycles. The first-order valence-electron chi connectivity index (χ1n) is 9.44. The maximum atomic E-state index is 12.5. The molecule has 0 aliphatic carbocycles. The third-order valence-corrected chi connectivity index (χ3v) is 5.92. The summed E-state index contributed by atoms with van der Waals surface area (Å²) in [5.41, 5.74) is 3.35. The second-order valence-corrected chi connectivity index (χ2v) is 8.26. The molecule has 0 saturated carbocycles. The molecule has 1 aliphatic rings. The normalized spacial score (nSPS) is 13.7. The monoisotopic (exact) mass is 425 g/mol. The van der Waals surface area contributed by atoms with Gasteiger partial charge in [0.15, 0.2) is 0 Å². The predicted octanol–water partition coefficient (Wildman–Crippen LogP) is 4.52. The highest BCUT2D eigenvalue weighted by Gasteiger charge is 2.20. The molecule has 1 N–H and O–H groups in total. The van der Waals surface area contributed by atoms with E-state index in [1.165, 1.54) is 11.3 Å². The first-order valence-corrected chi connectivity index (χ1v) is 10.7. The third kappa shape index (κ3) is 4.83. The molecule has 5 nitrogen and oxygen atoms in total. The Balaban J connectivity index is 1.37. The summed E-state index contributed by atoms with van der Waals surface area (Å²) in [4.78, 5) is 30.6. The standard InChI is InChI=1S/C22H20ClN3O2S/c23-18-7-2-6-17(11-18)22-25-19(14-29-22)21(28)24-12-15-4-1-5-16(10-15)13-26-9-3-8-20(26)27/h1-2,4-7,10-11,14H,3,8-9,12-13H2,(H,24,28). The molecule has 1 aromatic heterocycles. The Bertz CT molecular complexity index is 1050. The molecular formula is C22H20ClN3O2S. The van der Waals surface area contributed by atoms with E-state index in [1.54, 1.807) is 11.4 Å². The number of aromatic nitrogens is 1. The quantitative estimate of drug-likeness (QED) is 0.631. The van der Waals surface area contributed by atoms with E-state index in [0.717, 1.165) is 34.7 Å². The minimum absolute atomic E-state index is 0.211. The van der Waals surface area contributed by atoms with Crippen LogP contribution < -0.4 is 5.32 Å². The molecular weight excluding hydrogens is 406 g/mol. The molecule has 1 fully saturated rings. The zero-order valence-corrected chi connectivity index (χ0v) is 17.3. The van der Waals surface area contributed by atoms with Crippen LogP contribution in [0.2, 0.25) is 5.02 Å². The van der Waals surface area contributed by atoms with E-state index in [2.05, 4.69) is 10.3 Å². The van der Waals surface area contributed by atoms with Crippen molar-refractivity contribution in [1.29, 1.82) is 0 Å². The Labute approximate surface area is 178 Å². The van der Waals surface area contributed by atoms with Gasteiger partial charge in [0.05, 0.1) is 0 Å². The highest BCUT2D eigenvalue weighted by molar-refractivity contribution is 7.13. The second kappa shape index (κ2) is 8.76. The molecule has 0 bridgehead atoms. The fraction of sp³-hybridized carbons (Fsp3) is 0.227. The van der Waals surface area contributed by atoms with Gasteiger partial charge in [-0.2, -0.15) is 0 Å². The SMILES string of the molecule is O=C(NCc1cccc(CN2CCCC2=O)c1)c1csc(-c2cccc(Cl)c2)n1. The van der Waals surface area contributed by atoms with Gasteiger partial charge in [-0.05, 0) is 29.7 Å². The molecule has 4 rings (SSSR count).